The smallest absolute Gasteiger partial charge is 0.133 e. The molecule has 0 saturated carbocycles. The molecule has 112 valence electrons. The lowest BCUT2D eigenvalue weighted by Crippen LogP contribution is -2.34. The molecule has 0 radical (unpaired) electrons. The molecule has 0 amide bonds. The molecule has 1 saturated heterocycles. The van der Waals surface area contributed by atoms with Gasteiger partial charge >= 0.3 is 0 Å². The Balaban J connectivity index is 1.97. The second-order valence-electron chi connectivity index (χ2n) is 6.11. The van der Waals surface area contributed by atoms with Crippen molar-refractivity contribution in [1.29, 1.82) is 0 Å². The molecule has 1 aromatic carbocycles. The standard InChI is InChI=1S/C18H25N3/c1-3-19-13-16-12-15-6-4-5-7-17(15)20-18(16)21-10-8-14(2)9-11-21/h4-7,12,14,19H,3,8-11,13H2,1-2H3. The fourth-order valence-corrected chi connectivity index (χ4v) is 3.03. The topological polar surface area (TPSA) is 28.2 Å². The number of aromatic nitrogens is 1. The van der Waals surface area contributed by atoms with E-state index in [9.17, 15) is 0 Å². The number of anilines is 1. The highest BCUT2D eigenvalue weighted by molar-refractivity contribution is 5.81. The van der Waals surface area contributed by atoms with Crippen LogP contribution in [0.15, 0.2) is 30.3 Å². The van der Waals surface area contributed by atoms with Gasteiger partial charge < -0.3 is 10.2 Å². The van der Waals surface area contributed by atoms with Crippen LogP contribution in [0.1, 0.15) is 32.3 Å². The van der Waals surface area contributed by atoms with Gasteiger partial charge in [-0.05, 0) is 37.4 Å². The average Bonchev–Trinajstić information content (AvgIpc) is 2.53. The first-order chi connectivity index (χ1) is 10.3. The summed E-state index contributed by atoms with van der Waals surface area (Å²) < 4.78 is 0. The summed E-state index contributed by atoms with van der Waals surface area (Å²) in [5.41, 5.74) is 2.43. The summed E-state index contributed by atoms with van der Waals surface area (Å²) >= 11 is 0. The third-order valence-electron chi connectivity index (χ3n) is 4.43. The van der Waals surface area contributed by atoms with E-state index in [1.165, 1.54) is 29.6 Å². The molecule has 2 aromatic rings. The summed E-state index contributed by atoms with van der Waals surface area (Å²) in [6, 6.07) is 10.7. The first kappa shape index (κ1) is 14.3. The van der Waals surface area contributed by atoms with E-state index >= 15 is 0 Å². The number of hydrogen-bond acceptors (Lipinski definition) is 3. The van der Waals surface area contributed by atoms with E-state index < -0.39 is 0 Å². The monoisotopic (exact) mass is 283 g/mol. The third-order valence-corrected chi connectivity index (χ3v) is 4.43. The Kier molecular flexibility index (Phi) is 4.39. The zero-order valence-electron chi connectivity index (χ0n) is 13.1. The van der Waals surface area contributed by atoms with E-state index in [-0.39, 0.29) is 0 Å². The van der Waals surface area contributed by atoms with E-state index in [2.05, 4.69) is 54.4 Å². The van der Waals surface area contributed by atoms with Crippen LogP contribution in [0.3, 0.4) is 0 Å². The van der Waals surface area contributed by atoms with Gasteiger partial charge in [-0.2, -0.15) is 0 Å². The summed E-state index contributed by atoms with van der Waals surface area (Å²) in [5, 5.41) is 4.69. The van der Waals surface area contributed by atoms with Crippen molar-refractivity contribution in [3.8, 4) is 0 Å². The fraction of sp³-hybridized carbons (Fsp3) is 0.500. The van der Waals surface area contributed by atoms with Gasteiger partial charge in [-0.25, -0.2) is 4.98 Å². The van der Waals surface area contributed by atoms with Crippen molar-refractivity contribution in [3.05, 3.63) is 35.9 Å². The highest BCUT2D eigenvalue weighted by Gasteiger charge is 2.19. The van der Waals surface area contributed by atoms with E-state index in [4.69, 9.17) is 4.98 Å². The van der Waals surface area contributed by atoms with E-state index in [0.717, 1.165) is 37.6 Å². The zero-order chi connectivity index (χ0) is 14.7. The van der Waals surface area contributed by atoms with Crippen molar-refractivity contribution in [2.24, 2.45) is 5.92 Å². The number of nitrogens with one attached hydrogen (secondary N) is 1. The molecule has 1 aromatic heterocycles. The molecule has 21 heavy (non-hydrogen) atoms. The molecule has 0 unspecified atom stereocenters. The van der Waals surface area contributed by atoms with Gasteiger partial charge in [-0.1, -0.05) is 32.0 Å². The number of rotatable bonds is 4. The van der Waals surface area contributed by atoms with Gasteiger partial charge in [0.25, 0.3) is 0 Å². The molecule has 3 rings (SSSR count). The molecule has 2 heterocycles. The van der Waals surface area contributed by atoms with Crippen molar-refractivity contribution in [2.45, 2.75) is 33.2 Å². The second-order valence-corrected chi connectivity index (χ2v) is 6.11. The molecule has 3 nitrogen and oxygen atoms in total. The minimum atomic E-state index is 0.846. The number of fused-ring (bicyclic) bond motifs is 1. The Bertz CT molecular complexity index is 600. The SMILES string of the molecule is CCNCc1cc2ccccc2nc1N1CCC(C)CC1. The van der Waals surface area contributed by atoms with Crippen LogP contribution in [-0.4, -0.2) is 24.6 Å². The predicted molar refractivity (Wildman–Crippen MR) is 89.7 cm³/mol. The van der Waals surface area contributed by atoms with Gasteiger partial charge in [0.15, 0.2) is 0 Å². The molecule has 1 aliphatic rings. The van der Waals surface area contributed by atoms with Crippen LogP contribution in [0.25, 0.3) is 10.9 Å². The summed E-state index contributed by atoms with van der Waals surface area (Å²) in [7, 11) is 0. The van der Waals surface area contributed by atoms with Crippen LogP contribution in [0.5, 0.6) is 0 Å². The highest BCUT2D eigenvalue weighted by Crippen LogP contribution is 2.27. The molecule has 1 aliphatic heterocycles. The van der Waals surface area contributed by atoms with E-state index in [1.807, 2.05) is 0 Å². The number of pyridine rings is 1. The maximum Gasteiger partial charge on any atom is 0.133 e. The lowest BCUT2D eigenvalue weighted by molar-refractivity contribution is 0.436. The van der Waals surface area contributed by atoms with Gasteiger partial charge in [0.2, 0.25) is 0 Å². The number of nitrogens with zero attached hydrogens (tertiary/aromatic N) is 2. The summed E-state index contributed by atoms with van der Waals surface area (Å²) in [6.07, 6.45) is 2.55. The highest BCUT2D eigenvalue weighted by atomic mass is 15.2. The van der Waals surface area contributed by atoms with Crippen LogP contribution in [0, 0.1) is 5.92 Å². The lowest BCUT2D eigenvalue weighted by Gasteiger charge is -2.32. The van der Waals surface area contributed by atoms with Crippen LogP contribution in [0.4, 0.5) is 5.82 Å². The van der Waals surface area contributed by atoms with Crippen LogP contribution in [-0.2, 0) is 6.54 Å². The van der Waals surface area contributed by atoms with Gasteiger partial charge in [0.05, 0.1) is 5.52 Å². The van der Waals surface area contributed by atoms with Crippen LogP contribution in [0.2, 0.25) is 0 Å². The van der Waals surface area contributed by atoms with Crippen molar-refractivity contribution < 1.29 is 0 Å². The van der Waals surface area contributed by atoms with Gasteiger partial charge in [-0.3, -0.25) is 0 Å². The second kappa shape index (κ2) is 6.44. The van der Waals surface area contributed by atoms with E-state index in [0.29, 0.717) is 0 Å². The van der Waals surface area contributed by atoms with Gasteiger partial charge in [0.1, 0.15) is 5.82 Å². The van der Waals surface area contributed by atoms with Crippen molar-refractivity contribution in [2.75, 3.05) is 24.5 Å². The largest absolute Gasteiger partial charge is 0.356 e. The summed E-state index contributed by atoms with van der Waals surface area (Å²) in [6.45, 7) is 8.65. The maximum atomic E-state index is 4.96. The maximum absolute atomic E-state index is 4.96. The Morgan fingerprint density at radius 1 is 1.24 bits per heavy atom. The van der Waals surface area contributed by atoms with Crippen molar-refractivity contribution in [3.63, 3.8) is 0 Å². The number of hydrogen-bond donors (Lipinski definition) is 1. The first-order valence-corrected chi connectivity index (χ1v) is 8.12. The Morgan fingerprint density at radius 2 is 2.00 bits per heavy atom. The predicted octanol–water partition coefficient (Wildman–Crippen LogP) is 3.58. The molecule has 0 aliphatic carbocycles. The van der Waals surface area contributed by atoms with Gasteiger partial charge in [0, 0.05) is 30.6 Å². The quantitative estimate of drug-likeness (QED) is 0.929. The third kappa shape index (κ3) is 3.18. The minimum Gasteiger partial charge on any atom is -0.356 e. The number of piperidine rings is 1. The number of benzene rings is 1. The molecule has 1 fully saturated rings. The molecular weight excluding hydrogens is 258 g/mol. The molecule has 1 N–H and O–H groups in total. The van der Waals surface area contributed by atoms with E-state index in [1.54, 1.807) is 0 Å². The molecule has 0 atom stereocenters. The van der Waals surface area contributed by atoms with Crippen LogP contribution >= 0.6 is 0 Å². The average molecular weight is 283 g/mol. The normalized spacial score (nSPS) is 16.6. The molecule has 3 heteroatoms. The Labute approximate surface area is 127 Å². The fourth-order valence-electron chi connectivity index (χ4n) is 3.03. The summed E-state index contributed by atoms with van der Waals surface area (Å²) in [5.74, 6) is 2.03. The van der Waals surface area contributed by atoms with Crippen LogP contribution < -0.4 is 10.2 Å². The minimum absolute atomic E-state index is 0.846. The van der Waals surface area contributed by atoms with Crippen molar-refractivity contribution >= 4 is 16.7 Å². The molecular formula is C18H25N3. The Hall–Kier alpha value is -1.61. The van der Waals surface area contributed by atoms with Crippen molar-refractivity contribution in [1.82, 2.24) is 10.3 Å². The number of para-hydroxylation sites is 1. The Morgan fingerprint density at radius 3 is 2.76 bits per heavy atom. The summed E-state index contributed by atoms with van der Waals surface area (Å²) in [4.78, 5) is 7.43. The van der Waals surface area contributed by atoms with Gasteiger partial charge in [-0.15, -0.1) is 0 Å². The molecule has 0 bridgehead atoms. The lowest BCUT2D eigenvalue weighted by atomic mass is 9.98. The molecule has 0 spiro atoms. The zero-order valence-corrected chi connectivity index (χ0v) is 13.1. The first-order valence-electron chi connectivity index (χ1n) is 8.12.